The van der Waals surface area contributed by atoms with Crippen LogP contribution in [-0.2, 0) is 26.1 Å². The van der Waals surface area contributed by atoms with Crippen LogP contribution in [0.5, 0.6) is 5.75 Å². The Labute approximate surface area is 218 Å². The quantitative estimate of drug-likeness (QED) is 0.346. The molecule has 3 aromatic carbocycles. The molecule has 0 N–H and O–H groups in total. The third-order valence-electron chi connectivity index (χ3n) is 8.01. The van der Waals surface area contributed by atoms with Crippen LogP contribution in [0.4, 0.5) is 0 Å². The maximum absolute atomic E-state index is 6.29. The molecule has 2 aliphatic rings. The summed E-state index contributed by atoms with van der Waals surface area (Å²) in [5.41, 5.74) is 8.47. The number of ether oxygens (including phenoxy) is 1. The molecular weight excluding hydrogens is 440 g/mol. The van der Waals surface area contributed by atoms with Gasteiger partial charge in [-0.3, -0.25) is 9.80 Å². The lowest BCUT2D eigenvalue weighted by atomic mass is 9.93. The van der Waals surface area contributed by atoms with Gasteiger partial charge >= 0.3 is 0 Å². The summed E-state index contributed by atoms with van der Waals surface area (Å²) in [5.74, 6) is 1.83. The van der Waals surface area contributed by atoms with Gasteiger partial charge in [-0.15, -0.1) is 0 Å². The highest BCUT2D eigenvalue weighted by Gasteiger charge is 2.20. The van der Waals surface area contributed by atoms with E-state index in [-0.39, 0.29) is 0 Å². The lowest BCUT2D eigenvalue weighted by Crippen LogP contribution is -2.33. The van der Waals surface area contributed by atoms with Crippen LogP contribution in [0.15, 0.2) is 66.7 Å². The van der Waals surface area contributed by atoms with Crippen molar-refractivity contribution in [3.05, 3.63) is 100 Å². The summed E-state index contributed by atoms with van der Waals surface area (Å²) < 4.78 is 6.29. The van der Waals surface area contributed by atoms with Gasteiger partial charge in [-0.2, -0.15) is 0 Å². The zero-order chi connectivity index (χ0) is 24.7. The van der Waals surface area contributed by atoms with Crippen molar-refractivity contribution in [2.24, 2.45) is 5.92 Å². The number of aryl methyl sites for hydroxylation is 3. The lowest BCUT2D eigenvalue weighted by molar-refractivity contribution is 0.157. The predicted octanol–water partition coefficient (Wildman–Crippen LogP) is 6.93. The minimum atomic E-state index is 0.782. The van der Waals surface area contributed by atoms with Crippen molar-refractivity contribution in [1.82, 2.24) is 9.80 Å². The van der Waals surface area contributed by atoms with Gasteiger partial charge in [0.05, 0.1) is 6.61 Å². The van der Waals surface area contributed by atoms with Crippen LogP contribution < -0.4 is 4.74 Å². The third-order valence-corrected chi connectivity index (χ3v) is 8.01. The molecule has 3 nitrogen and oxygen atoms in total. The first-order valence-corrected chi connectivity index (χ1v) is 13.9. The van der Waals surface area contributed by atoms with E-state index in [1.54, 1.807) is 0 Å². The highest BCUT2D eigenvalue weighted by Crippen LogP contribution is 2.26. The lowest BCUT2D eigenvalue weighted by Gasteiger charge is -2.32. The van der Waals surface area contributed by atoms with Crippen molar-refractivity contribution >= 4 is 0 Å². The highest BCUT2D eigenvalue weighted by atomic mass is 16.5. The summed E-state index contributed by atoms with van der Waals surface area (Å²) in [7, 11) is 0. The van der Waals surface area contributed by atoms with E-state index in [1.807, 2.05) is 0 Å². The smallest absolute Gasteiger partial charge is 0.119 e. The summed E-state index contributed by atoms with van der Waals surface area (Å²) in [6.07, 6.45) is 6.12. The van der Waals surface area contributed by atoms with Crippen molar-refractivity contribution in [2.75, 3.05) is 26.2 Å². The van der Waals surface area contributed by atoms with E-state index in [9.17, 15) is 0 Å². The number of fused-ring (bicyclic) bond motifs is 1. The van der Waals surface area contributed by atoms with Gasteiger partial charge in [-0.25, -0.2) is 0 Å². The fraction of sp³-hybridized carbons (Fsp3) is 0.455. The van der Waals surface area contributed by atoms with Gasteiger partial charge in [-0.05, 0) is 106 Å². The molecule has 0 atom stereocenters. The number of piperidine rings is 1. The fourth-order valence-electron chi connectivity index (χ4n) is 5.83. The van der Waals surface area contributed by atoms with Gasteiger partial charge in [0, 0.05) is 19.6 Å². The fourth-order valence-corrected chi connectivity index (χ4v) is 5.83. The maximum atomic E-state index is 6.29. The zero-order valence-electron chi connectivity index (χ0n) is 22.2. The molecule has 190 valence electrons. The van der Waals surface area contributed by atoms with Gasteiger partial charge in [-0.1, -0.05) is 65.7 Å². The van der Waals surface area contributed by atoms with E-state index in [0.29, 0.717) is 0 Å². The van der Waals surface area contributed by atoms with Gasteiger partial charge in [0.2, 0.25) is 0 Å². The normalized spacial score (nSPS) is 17.5. The van der Waals surface area contributed by atoms with Gasteiger partial charge in [0.15, 0.2) is 0 Å². The third kappa shape index (κ3) is 6.99. The SMILES string of the molecule is Cc1ccc(CN2CCC(CCOc3ccc4c(c3)CN(Cc3cccc(C)c3)CCC4)CC2)cc1. The minimum Gasteiger partial charge on any atom is -0.494 e. The summed E-state index contributed by atoms with van der Waals surface area (Å²) in [6, 6.07) is 24.7. The summed E-state index contributed by atoms with van der Waals surface area (Å²) in [5, 5.41) is 0. The standard InChI is InChI=1S/C33H42N2O/c1-26-8-10-29(11-9-26)23-34-18-14-28(15-19-34)16-20-36-33-13-12-31-7-4-17-35(25-32(31)22-33)24-30-6-3-5-27(2)21-30/h3,5-6,8-13,21-22,28H,4,7,14-20,23-25H2,1-2H3. The van der Waals surface area contributed by atoms with Gasteiger partial charge in [0.25, 0.3) is 0 Å². The second-order valence-corrected chi connectivity index (χ2v) is 11.1. The summed E-state index contributed by atoms with van der Waals surface area (Å²) in [4.78, 5) is 5.20. The molecule has 1 saturated heterocycles. The second kappa shape index (κ2) is 12.1. The molecule has 5 rings (SSSR count). The highest BCUT2D eigenvalue weighted by molar-refractivity contribution is 5.36. The van der Waals surface area contributed by atoms with Crippen molar-refractivity contribution in [3.63, 3.8) is 0 Å². The molecule has 2 aliphatic heterocycles. The molecule has 0 bridgehead atoms. The molecule has 0 aliphatic carbocycles. The Morgan fingerprint density at radius 1 is 0.750 bits per heavy atom. The van der Waals surface area contributed by atoms with Crippen LogP contribution in [0.3, 0.4) is 0 Å². The molecule has 0 radical (unpaired) electrons. The van der Waals surface area contributed by atoms with E-state index in [4.69, 9.17) is 4.74 Å². The Hall–Kier alpha value is -2.62. The van der Waals surface area contributed by atoms with Crippen LogP contribution in [0.2, 0.25) is 0 Å². The topological polar surface area (TPSA) is 15.7 Å². The monoisotopic (exact) mass is 482 g/mol. The number of benzene rings is 3. The van der Waals surface area contributed by atoms with Crippen LogP contribution in [0.1, 0.15) is 59.1 Å². The van der Waals surface area contributed by atoms with Crippen molar-refractivity contribution in [2.45, 2.75) is 65.6 Å². The molecular formula is C33H42N2O. The molecule has 0 saturated carbocycles. The first kappa shape index (κ1) is 25.0. The van der Waals surface area contributed by atoms with Crippen LogP contribution in [0.25, 0.3) is 0 Å². The Balaban J connectivity index is 1.08. The molecule has 0 spiro atoms. The maximum Gasteiger partial charge on any atom is 0.119 e. The molecule has 0 aromatic heterocycles. The molecule has 3 heteroatoms. The van der Waals surface area contributed by atoms with Crippen molar-refractivity contribution in [1.29, 1.82) is 0 Å². The number of rotatable bonds is 8. The van der Waals surface area contributed by atoms with Crippen LogP contribution in [0, 0.1) is 19.8 Å². The first-order valence-electron chi connectivity index (χ1n) is 13.9. The molecule has 0 amide bonds. The molecule has 0 unspecified atom stereocenters. The average Bonchev–Trinajstić information content (AvgIpc) is 3.08. The van der Waals surface area contributed by atoms with E-state index in [0.717, 1.165) is 50.9 Å². The van der Waals surface area contributed by atoms with Crippen molar-refractivity contribution < 1.29 is 4.74 Å². The Kier molecular flexibility index (Phi) is 8.40. The Bertz CT molecular complexity index is 1110. The number of hydrogen-bond donors (Lipinski definition) is 0. The molecule has 3 aromatic rings. The van der Waals surface area contributed by atoms with Gasteiger partial charge < -0.3 is 4.74 Å². The van der Waals surface area contributed by atoms with Crippen LogP contribution in [-0.4, -0.2) is 36.0 Å². The van der Waals surface area contributed by atoms with Gasteiger partial charge in [0.1, 0.15) is 5.75 Å². The second-order valence-electron chi connectivity index (χ2n) is 11.1. The number of hydrogen-bond acceptors (Lipinski definition) is 3. The van der Waals surface area contributed by atoms with Crippen molar-refractivity contribution in [3.8, 4) is 5.75 Å². The molecule has 36 heavy (non-hydrogen) atoms. The van der Waals surface area contributed by atoms with E-state index < -0.39 is 0 Å². The largest absolute Gasteiger partial charge is 0.494 e. The van der Waals surface area contributed by atoms with E-state index in [2.05, 4.69) is 90.4 Å². The van der Waals surface area contributed by atoms with E-state index in [1.165, 1.54) is 72.2 Å². The first-order chi connectivity index (χ1) is 17.6. The summed E-state index contributed by atoms with van der Waals surface area (Å²) >= 11 is 0. The number of likely N-dealkylation sites (tertiary alicyclic amines) is 1. The Morgan fingerprint density at radius 2 is 1.56 bits per heavy atom. The molecule has 1 fully saturated rings. The predicted molar refractivity (Wildman–Crippen MR) is 149 cm³/mol. The minimum absolute atomic E-state index is 0.782. The average molecular weight is 483 g/mol. The Morgan fingerprint density at radius 3 is 2.36 bits per heavy atom. The van der Waals surface area contributed by atoms with Crippen LogP contribution >= 0.6 is 0 Å². The number of nitrogens with zero attached hydrogens (tertiary/aromatic N) is 2. The zero-order valence-corrected chi connectivity index (χ0v) is 22.2. The molecule has 2 heterocycles. The van der Waals surface area contributed by atoms with E-state index >= 15 is 0 Å². The summed E-state index contributed by atoms with van der Waals surface area (Å²) in [6.45, 7) is 11.8.